The van der Waals surface area contributed by atoms with Crippen LogP contribution in [0.4, 0.5) is 11.9 Å². The van der Waals surface area contributed by atoms with Crippen LogP contribution < -0.4 is 10.6 Å². The van der Waals surface area contributed by atoms with Gasteiger partial charge in [-0.05, 0) is 31.0 Å². The lowest BCUT2D eigenvalue weighted by atomic mass is 10.1. The van der Waals surface area contributed by atoms with Crippen LogP contribution in [0.1, 0.15) is 24.1 Å². The maximum absolute atomic E-state index is 5.84. The van der Waals surface area contributed by atoms with Gasteiger partial charge in [-0.25, -0.2) is 0 Å². The fourth-order valence-corrected chi connectivity index (χ4v) is 1.82. The number of aromatic nitrogens is 3. The van der Waals surface area contributed by atoms with Crippen LogP contribution in [0.5, 0.6) is 0 Å². The Balaban J connectivity index is 2.16. The number of aryl methyl sites for hydroxylation is 1. The molecule has 19 heavy (non-hydrogen) atoms. The Morgan fingerprint density at radius 1 is 1.05 bits per heavy atom. The van der Waals surface area contributed by atoms with Crippen molar-refractivity contribution in [1.82, 2.24) is 15.0 Å². The molecule has 0 aliphatic rings. The van der Waals surface area contributed by atoms with Crippen molar-refractivity contribution in [1.29, 1.82) is 0 Å². The zero-order valence-corrected chi connectivity index (χ0v) is 11.9. The van der Waals surface area contributed by atoms with Crippen LogP contribution in [-0.2, 0) is 0 Å². The van der Waals surface area contributed by atoms with Gasteiger partial charge in [0.2, 0.25) is 17.2 Å². The molecule has 0 bridgehead atoms. The van der Waals surface area contributed by atoms with Gasteiger partial charge in [0.05, 0.1) is 6.04 Å². The summed E-state index contributed by atoms with van der Waals surface area (Å²) in [6.45, 7) is 4.11. The van der Waals surface area contributed by atoms with Crippen LogP contribution in [0.2, 0.25) is 5.28 Å². The number of rotatable bonds is 4. The molecule has 0 radical (unpaired) electrons. The highest BCUT2D eigenvalue weighted by Crippen LogP contribution is 2.18. The first-order valence-corrected chi connectivity index (χ1v) is 6.38. The minimum atomic E-state index is 0.0868. The molecule has 6 heteroatoms. The number of nitrogens with one attached hydrogen (secondary N) is 2. The second kappa shape index (κ2) is 5.84. The molecule has 1 unspecified atom stereocenters. The third kappa shape index (κ3) is 3.54. The fraction of sp³-hybridized carbons (Fsp3) is 0.308. The molecule has 0 saturated heterocycles. The zero-order valence-electron chi connectivity index (χ0n) is 11.1. The van der Waals surface area contributed by atoms with Gasteiger partial charge in [-0.1, -0.05) is 29.8 Å². The Hall–Kier alpha value is -1.88. The first-order valence-electron chi connectivity index (χ1n) is 6.01. The standard InChI is InChI=1S/C13H16ClN5/c1-8-4-6-10(7-5-8)9(2)16-13-18-11(14)17-12(15-3)19-13/h4-7,9H,1-3H3,(H2,15,16,17,18,19). The van der Waals surface area contributed by atoms with E-state index in [0.29, 0.717) is 11.9 Å². The van der Waals surface area contributed by atoms with Crippen molar-refractivity contribution >= 4 is 23.5 Å². The summed E-state index contributed by atoms with van der Waals surface area (Å²) in [6.07, 6.45) is 0. The number of benzene rings is 1. The summed E-state index contributed by atoms with van der Waals surface area (Å²) in [5.41, 5.74) is 2.39. The molecular formula is C13H16ClN5. The summed E-state index contributed by atoms with van der Waals surface area (Å²) in [7, 11) is 1.73. The van der Waals surface area contributed by atoms with E-state index in [1.807, 2.05) is 6.92 Å². The molecule has 0 fully saturated rings. The van der Waals surface area contributed by atoms with Gasteiger partial charge in [-0.2, -0.15) is 15.0 Å². The van der Waals surface area contributed by atoms with Gasteiger partial charge in [-0.3, -0.25) is 0 Å². The molecule has 0 aliphatic heterocycles. The van der Waals surface area contributed by atoms with Crippen LogP contribution in [0.25, 0.3) is 0 Å². The van der Waals surface area contributed by atoms with E-state index in [-0.39, 0.29) is 11.3 Å². The van der Waals surface area contributed by atoms with Gasteiger partial charge in [0.15, 0.2) is 0 Å². The Morgan fingerprint density at radius 2 is 1.68 bits per heavy atom. The molecule has 0 aliphatic carbocycles. The van der Waals surface area contributed by atoms with Crippen molar-refractivity contribution in [3.8, 4) is 0 Å². The van der Waals surface area contributed by atoms with Crippen LogP contribution in [0, 0.1) is 6.92 Å². The highest BCUT2D eigenvalue weighted by Gasteiger charge is 2.09. The van der Waals surface area contributed by atoms with Crippen molar-refractivity contribution in [3.63, 3.8) is 0 Å². The Bertz CT molecular complexity index is 555. The molecule has 2 rings (SSSR count). The largest absolute Gasteiger partial charge is 0.357 e. The number of hydrogen-bond donors (Lipinski definition) is 2. The minimum absolute atomic E-state index is 0.0868. The van der Waals surface area contributed by atoms with Crippen LogP contribution in [-0.4, -0.2) is 22.0 Å². The lowest BCUT2D eigenvalue weighted by Crippen LogP contribution is -2.11. The lowest BCUT2D eigenvalue weighted by Gasteiger charge is -2.14. The SMILES string of the molecule is CNc1nc(Cl)nc(NC(C)c2ccc(C)cc2)n1. The quantitative estimate of drug-likeness (QED) is 0.899. The van der Waals surface area contributed by atoms with E-state index < -0.39 is 0 Å². The van der Waals surface area contributed by atoms with E-state index in [9.17, 15) is 0 Å². The summed E-state index contributed by atoms with van der Waals surface area (Å²) in [5, 5.41) is 6.21. The van der Waals surface area contributed by atoms with Crippen LogP contribution >= 0.6 is 11.6 Å². The minimum Gasteiger partial charge on any atom is -0.357 e. The molecule has 0 amide bonds. The first-order chi connectivity index (χ1) is 9.08. The molecular weight excluding hydrogens is 262 g/mol. The lowest BCUT2D eigenvalue weighted by molar-refractivity contribution is 0.854. The van der Waals surface area contributed by atoms with Crippen molar-refractivity contribution in [2.45, 2.75) is 19.9 Å². The third-order valence-corrected chi connectivity index (χ3v) is 2.92. The maximum Gasteiger partial charge on any atom is 0.229 e. The second-order valence-corrected chi connectivity index (χ2v) is 4.62. The molecule has 2 N–H and O–H groups in total. The van der Waals surface area contributed by atoms with Gasteiger partial charge in [-0.15, -0.1) is 0 Å². The van der Waals surface area contributed by atoms with Crippen molar-refractivity contribution in [2.24, 2.45) is 0 Å². The predicted octanol–water partition coefficient (Wildman–Crippen LogP) is 3.05. The molecule has 2 aromatic rings. The van der Waals surface area contributed by atoms with Gasteiger partial charge < -0.3 is 10.6 Å². The monoisotopic (exact) mass is 277 g/mol. The smallest absolute Gasteiger partial charge is 0.229 e. The van der Waals surface area contributed by atoms with Crippen LogP contribution in [0.3, 0.4) is 0 Å². The average molecular weight is 278 g/mol. The van der Waals surface area contributed by atoms with Gasteiger partial charge in [0.25, 0.3) is 0 Å². The predicted molar refractivity (Wildman–Crippen MR) is 77.6 cm³/mol. The normalized spacial score (nSPS) is 12.0. The molecule has 5 nitrogen and oxygen atoms in total. The number of nitrogens with zero attached hydrogens (tertiary/aromatic N) is 3. The van der Waals surface area contributed by atoms with Crippen LogP contribution in [0.15, 0.2) is 24.3 Å². The van der Waals surface area contributed by atoms with Gasteiger partial charge in [0.1, 0.15) is 0 Å². The first kappa shape index (κ1) is 13.5. The zero-order chi connectivity index (χ0) is 13.8. The summed E-state index contributed by atoms with van der Waals surface area (Å²) < 4.78 is 0. The molecule has 0 saturated carbocycles. The average Bonchev–Trinajstić information content (AvgIpc) is 2.38. The maximum atomic E-state index is 5.84. The van der Waals surface area contributed by atoms with E-state index in [0.717, 1.165) is 5.56 Å². The third-order valence-electron chi connectivity index (χ3n) is 2.75. The summed E-state index contributed by atoms with van der Waals surface area (Å²) >= 11 is 5.84. The summed E-state index contributed by atoms with van der Waals surface area (Å²) in [4.78, 5) is 12.2. The molecule has 1 atom stereocenters. The topological polar surface area (TPSA) is 62.7 Å². The Labute approximate surface area is 117 Å². The molecule has 1 heterocycles. The van der Waals surface area contributed by atoms with E-state index in [1.165, 1.54) is 5.56 Å². The highest BCUT2D eigenvalue weighted by molar-refractivity contribution is 6.28. The van der Waals surface area contributed by atoms with Gasteiger partial charge >= 0.3 is 0 Å². The van der Waals surface area contributed by atoms with E-state index in [4.69, 9.17) is 11.6 Å². The fourth-order valence-electron chi connectivity index (χ4n) is 1.66. The van der Waals surface area contributed by atoms with Crippen molar-refractivity contribution in [3.05, 3.63) is 40.7 Å². The van der Waals surface area contributed by atoms with E-state index in [2.05, 4.69) is 56.8 Å². The number of hydrogen-bond acceptors (Lipinski definition) is 5. The second-order valence-electron chi connectivity index (χ2n) is 4.28. The summed E-state index contributed by atoms with van der Waals surface area (Å²) in [5.74, 6) is 0.899. The van der Waals surface area contributed by atoms with E-state index >= 15 is 0 Å². The summed E-state index contributed by atoms with van der Waals surface area (Å²) in [6, 6.07) is 8.40. The Morgan fingerprint density at radius 3 is 2.32 bits per heavy atom. The number of halogens is 1. The van der Waals surface area contributed by atoms with Crippen molar-refractivity contribution in [2.75, 3.05) is 17.7 Å². The van der Waals surface area contributed by atoms with E-state index in [1.54, 1.807) is 7.05 Å². The number of anilines is 2. The molecule has 1 aromatic carbocycles. The molecule has 0 spiro atoms. The van der Waals surface area contributed by atoms with Gasteiger partial charge in [0, 0.05) is 7.05 Å². The highest BCUT2D eigenvalue weighted by atomic mass is 35.5. The van der Waals surface area contributed by atoms with Crippen molar-refractivity contribution < 1.29 is 0 Å². The Kier molecular flexibility index (Phi) is 4.16. The molecule has 100 valence electrons. The molecule has 1 aromatic heterocycles.